The van der Waals surface area contributed by atoms with E-state index in [9.17, 15) is 4.79 Å². The SMILES string of the molecule is CN1C(=O)CCNc2ccc(C(C)(C)C)cc21. The Morgan fingerprint density at radius 1 is 1.29 bits per heavy atom. The Kier molecular flexibility index (Phi) is 2.86. The molecule has 17 heavy (non-hydrogen) atoms. The van der Waals surface area contributed by atoms with E-state index in [1.807, 2.05) is 7.05 Å². The molecule has 0 saturated carbocycles. The van der Waals surface area contributed by atoms with Crippen LogP contribution in [0.1, 0.15) is 32.8 Å². The first-order valence-electron chi connectivity index (χ1n) is 6.04. The molecule has 1 N–H and O–H groups in total. The lowest BCUT2D eigenvalue weighted by molar-refractivity contribution is -0.118. The van der Waals surface area contributed by atoms with E-state index in [0.717, 1.165) is 11.4 Å². The fourth-order valence-electron chi connectivity index (χ4n) is 2.03. The predicted octanol–water partition coefficient (Wildman–Crippen LogP) is 2.76. The molecule has 0 unspecified atom stereocenters. The highest BCUT2D eigenvalue weighted by molar-refractivity contribution is 5.97. The average molecular weight is 232 g/mol. The summed E-state index contributed by atoms with van der Waals surface area (Å²) in [6.07, 6.45) is 0.552. The van der Waals surface area contributed by atoms with Crippen molar-refractivity contribution < 1.29 is 4.79 Å². The lowest BCUT2D eigenvalue weighted by Gasteiger charge is -2.23. The number of amides is 1. The minimum atomic E-state index is 0.102. The summed E-state index contributed by atoms with van der Waals surface area (Å²) >= 11 is 0. The number of fused-ring (bicyclic) bond motifs is 1. The zero-order valence-corrected chi connectivity index (χ0v) is 11.0. The van der Waals surface area contributed by atoms with Crippen LogP contribution in [0.3, 0.4) is 0 Å². The van der Waals surface area contributed by atoms with E-state index in [4.69, 9.17) is 0 Å². The molecule has 2 rings (SSSR count). The molecule has 92 valence electrons. The van der Waals surface area contributed by atoms with Gasteiger partial charge in [-0.1, -0.05) is 26.8 Å². The summed E-state index contributed by atoms with van der Waals surface area (Å²) in [4.78, 5) is 13.6. The third-order valence-corrected chi connectivity index (χ3v) is 3.25. The highest BCUT2D eigenvalue weighted by Gasteiger charge is 2.21. The van der Waals surface area contributed by atoms with Gasteiger partial charge in [-0.2, -0.15) is 0 Å². The van der Waals surface area contributed by atoms with Crippen LogP contribution in [0.4, 0.5) is 11.4 Å². The second kappa shape index (κ2) is 4.06. The summed E-state index contributed by atoms with van der Waals surface area (Å²) in [5, 5.41) is 3.30. The first-order valence-corrected chi connectivity index (χ1v) is 6.04. The van der Waals surface area contributed by atoms with Crippen molar-refractivity contribution in [2.75, 3.05) is 23.8 Å². The van der Waals surface area contributed by atoms with Crippen molar-refractivity contribution in [2.45, 2.75) is 32.6 Å². The van der Waals surface area contributed by atoms with Gasteiger partial charge in [0.05, 0.1) is 11.4 Å². The number of anilines is 2. The second-order valence-electron chi connectivity index (χ2n) is 5.61. The summed E-state index contributed by atoms with van der Waals surface area (Å²) in [6.45, 7) is 7.26. The lowest BCUT2D eigenvalue weighted by Crippen LogP contribution is -2.25. The van der Waals surface area contributed by atoms with Crippen LogP contribution in [-0.4, -0.2) is 19.5 Å². The number of nitrogens with one attached hydrogen (secondary N) is 1. The number of hydrogen-bond acceptors (Lipinski definition) is 2. The van der Waals surface area contributed by atoms with Gasteiger partial charge in [-0.15, -0.1) is 0 Å². The summed E-state index contributed by atoms with van der Waals surface area (Å²) in [7, 11) is 1.85. The monoisotopic (exact) mass is 232 g/mol. The molecular weight excluding hydrogens is 212 g/mol. The van der Waals surface area contributed by atoms with E-state index < -0.39 is 0 Å². The standard InChI is InChI=1S/C14H20N2O/c1-14(2,3)10-5-6-11-12(9-10)16(4)13(17)7-8-15-11/h5-6,9,15H,7-8H2,1-4H3. The first kappa shape index (κ1) is 12.0. The van der Waals surface area contributed by atoms with E-state index in [1.54, 1.807) is 4.90 Å². The topological polar surface area (TPSA) is 32.3 Å². The molecule has 1 aromatic carbocycles. The van der Waals surface area contributed by atoms with Crippen LogP contribution < -0.4 is 10.2 Å². The molecule has 1 aliphatic rings. The largest absolute Gasteiger partial charge is 0.383 e. The Balaban J connectivity index is 2.49. The maximum atomic E-state index is 11.8. The van der Waals surface area contributed by atoms with Crippen LogP contribution in [-0.2, 0) is 10.2 Å². The van der Waals surface area contributed by atoms with E-state index in [2.05, 4.69) is 44.3 Å². The van der Waals surface area contributed by atoms with Gasteiger partial charge in [-0.25, -0.2) is 0 Å². The van der Waals surface area contributed by atoms with Crippen LogP contribution in [0.5, 0.6) is 0 Å². The third kappa shape index (κ3) is 2.28. The van der Waals surface area contributed by atoms with Crippen molar-refractivity contribution in [1.82, 2.24) is 0 Å². The van der Waals surface area contributed by atoms with Crippen LogP contribution in [0.2, 0.25) is 0 Å². The highest BCUT2D eigenvalue weighted by atomic mass is 16.2. The number of hydrogen-bond donors (Lipinski definition) is 1. The molecule has 0 fully saturated rings. The molecule has 0 saturated heterocycles. The van der Waals surface area contributed by atoms with Gasteiger partial charge < -0.3 is 10.2 Å². The van der Waals surface area contributed by atoms with Crippen molar-refractivity contribution in [3.8, 4) is 0 Å². The smallest absolute Gasteiger partial charge is 0.228 e. The van der Waals surface area contributed by atoms with E-state index >= 15 is 0 Å². The molecule has 0 aliphatic carbocycles. The van der Waals surface area contributed by atoms with Gasteiger partial charge in [0.1, 0.15) is 0 Å². The Morgan fingerprint density at radius 2 is 2.00 bits per heavy atom. The zero-order chi connectivity index (χ0) is 12.6. The average Bonchev–Trinajstić information content (AvgIpc) is 2.39. The van der Waals surface area contributed by atoms with Gasteiger partial charge in [0, 0.05) is 20.0 Å². The Hall–Kier alpha value is -1.51. The van der Waals surface area contributed by atoms with Crippen molar-refractivity contribution in [2.24, 2.45) is 0 Å². The Labute approximate surface area is 103 Å². The fraction of sp³-hybridized carbons (Fsp3) is 0.500. The molecule has 3 heteroatoms. The molecule has 1 amide bonds. The van der Waals surface area contributed by atoms with Gasteiger partial charge in [0.15, 0.2) is 0 Å². The Morgan fingerprint density at radius 3 is 2.65 bits per heavy atom. The second-order valence-corrected chi connectivity index (χ2v) is 5.61. The normalized spacial score (nSPS) is 16.2. The number of benzene rings is 1. The molecule has 1 aliphatic heterocycles. The van der Waals surface area contributed by atoms with Crippen molar-refractivity contribution in [3.05, 3.63) is 23.8 Å². The van der Waals surface area contributed by atoms with Crippen molar-refractivity contribution in [3.63, 3.8) is 0 Å². The maximum Gasteiger partial charge on any atom is 0.228 e. The Bertz CT molecular complexity index is 446. The quantitative estimate of drug-likeness (QED) is 0.746. The van der Waals surface area contributed by atoms with Crippen molar-refractivity contribution >= 4 is 17.3 Å². The molecule has 0 spiro atoms. The first-order chi connectivity index (χ1) is 7.89. The molecule has 0 atom stereocenters. The van der Waals surface area contributed by atoms with Crippen LogP contribution in [0.15, 0.2) is 18.2 Å². The number of carbonyl (C=O) groups excluding carboxylic acids is 1. The lowest BCUT2D eigenvalue weighted by atomic mass is 9.86. The van der Waals surface area contributed by atoms with Crippen molar-refractivity contribution in [1.29, 1.82) is 0 Å². The summed E-state index contributed by atoms with van der Waals surface area (Å²) in [5.74, 6) is 0.169. The summed E-state index contributed by atoms with van der Waals surface area (Å²) in [5.41, 5.74) is 3.39. The molecule has 0 radical (unpaired) electrons. The maximum absolute atomic E-state index is 11.8. The molecular formula is C14H20N2O. The number of rotatable bonds is 0. The number of carbonyl (C=O) groups is 1. The summed E-state index contributed by atoms with van der Waals surface area (Å²) < 4.78 is 0. The van der Waals surface area contributed by atoms with Crippen LogP contribution in [0, 0.1) is 0 Å². The van der Waals surface area contributed by atoms with Gasteiger partial charge in [-0.05, 0) is 23.1 Å². The van der Waals surface area contributed by atoms with Gasteiger partial charge in [0.2, 0.25) is 5.91 Å². The van der Waals surface area contributed by atoms with Gasteiger partial charge in [0.25, 0.3) is 0 Å². The van der Waals surface area contributed by atoms with Gasteiger partial charge in [-0.3, -0.25) is 4.79 Å². The number of nitrogens with zero attached hydrogens (tertiary/aromatic N) is 1. The van der Waals surface area contributed by atoms with Gasteiger partial charge >= 0.3 is 0 Å². The van der Waals surface area contributed by atoms with Crippen LogP contribution >= 0.6 is 0 Å². The third-order valence-electron chi connectivity index (χ3n) is 3.25. The molecule has 3 nitrogen and oxygen atoms in total. The molecule has 1 aromatic rings. The molecule has 0 bridgehead atoms. The minimum absolute atomic E-state index is 0.102. The minimum Gasteiger partial charge on any atom is -0.383 e. The highest BCUT2D eigenvalue weighted by Crippen LogP contribution is 2.33. The molecule has 0 aromatic heterocycles. The van der Waals surface area contributed by atoms with E-state index in [0.29, 0.717) is 13.0 Å². The zero-order valence-electron chi connectivity index (χ0n) is 11.0. The predicted molar refractivity (Wildman–Crippen MR) is 71.7 cm³/mol. The summed E-state index contributed by atoms with van der Waals surface area (Å²) in [6, 6.07) is 6.33. The van der Waals surface area contributed by atoms with Crippen LogP contribution in [0.25, 0.3) is 0 Å². The van der Waals surface area contributed by atoms with E-state index in [1.165, 1.54) is 5.56 Å². The van der Waals surface area contributed by atoms with E-state index in [-0.39, 0.29) is 11.3 Å². The fourth-order valence-corrected chi connectivity index (χ4v) is 2.03. The molecule has 1 heterocycles.